The third-order valence-electron chi connectivity index (χ3n) is 3.10. The van der Waals surface area contributed by atoms with Gasteiger partial charge in [-0.2, -0.15) is 8.42 Å². The van der Waals surface area contributed by atoms with E-state index >= 15 is 0 Å². The zero-order chi connectivity index (χ0) is 16.3. The summed E-state index contributed by atoms with van der Waals surface area (Å²) < 4.78 is 28.0. The molecule has 0 saturated carbocycles. The predicted octanol–water partition coefficient (Wildman–Crippen LogP) is 0.482. The third-order valence-corrected chi connectivity index (χ3v) is 3.67. The highest BCUT2D eigenvalue weighted by atomic mass is 32.2. The maximum absolute atomic E-state index is 11.4. The Kier molecular flexibility index (Phi) is 4.39. The number of hydrogen-bond acceptors (Lipinski definition) is 9. The summed E-state index contributed by atoms with van der Waals surface area (Å²) in [5, 5.41) is 3.14. The fourth-order valence-corrected chi connectivity index (χ4v) is 2.66. The Balaban J connectivity index is 1.71. The zero-order valence-electron chi connectivity index (χ0n) is 12.2. The highest BCUT2D eigenvalue weighted by molar-refractivity contribution is 7.86. The van der Waals surface area contributed by atoms with Crippen LogP contribution in [0.15, 0.2) is 49.2 Å². The second-order valence-electron chi connectivity index (χ2n) is 4.89. The molecule has 2 aliphatic rings. The van der Waals surface area contributed by atoms with Crippen molar-refractivity contribution in [2.45, 2.75) is 12.6 Å². The first-order chi connectivity index (χ1) is 11.0. The predicted molar refractivity (Wildman–Crippen MR) is 80.9 cm³/mol. The second-order valence-corrected chi connectivity index (χ2v) is 6.49. The van der Waals surface area contributed by atoms with Gasteiger partial charge >= 0.3 is 0 Å². The number of hydrazine groups is 2. The standard InChI is InChI=1S/C13H16N4O5S/c1-23(18,19)22-13(17-7-9-21-15-17)10-11-2-4-12(5-3-11)16-6-8-20-14-16/h2-9,13-15H,10H2,1H3. The minimum Gasteiger partial charge on any atom is -0.395 e. The summed E-state index contributed by atoms with van der Waals surface area (Å²) in [6.07, 6.45) is 6.80. The third kappa shape index (κ3) is 4.13. The van der Waals surface area contributed by atoms with E-state index < -0.39 is 16.3 Å². The lowest BCUT2D eigenvalue weighted by atomic mass is 10.1. The smallest absolute Gasteiger partial charge is 0.266 e. The summed E-state index contributed by atoms with van der Waals surface area (Å²) in [7, 11) is -3.62. The molecular formula is C13H16N4O5S. The Hall–Kier alpha value is -2.27. The minimum atomic E-state index is -3.62. The molecule has 0 amide bonds. The van der Waals surface area contributed by atoms with Crippen LogP contribution in [0.3, 0.4) is 0 Å². The number of benzene rings is 1. The zero-order valence-corrected chi connectivity index (χ0v) is 13.1. The van der Waals surface area contributed by atoms with E-state index in [4.69, 9.17) is 13.9 Å². The summed E-state index contributed by atoms with van der Waals surface area (Å²) in [5.74, 6) is 0. The Morgan fingerprint density at radius 2 is 1.83 bits per heavy atom. The van der Waals surface area contributed by atoms with Crippen molar-refractivity contribution >= 4 is 15.8 Å². The Morgan fingerprint density at radius 1 is 1.13 bits per heavy atom. The van der Waals surface area contributed by atoms with Gasteiger partial charge in [-0.1, -0.05) is 23.3 Å². The number of nitrogens with zero attached hydrogens (tertiary/aromatic N) is 2. The molecule has 1 unspecified atom stereocenters. The quantitative estimate of drug-likeness (QED) is 0.717. The highest BCUT2D eigenvalue weighted by Gasteiger charge is 2.24. The first-order valence-electron chi connectivity index (χ1n) is 6.72. The molecule has 10 heteroatoms. The Morgan fingerprint density at radius 3 is 2.39 bits per heavy atom. The van der Waals surface area contributed by atoms with E-state index in [0.717, 1.165) is 17.5 Å². The first-order valence-corrected chi connectivity index (χ1v) is 8.54. The van der Waals surface area contributed by atoms with Gasteiger partial charge in [0.15, 0.2) is 6.23 Å². The second kappa shape index (κ2) is 6.46. The van der Waals surface area contributed by atoms with E-state index in [1.807, 2.05) is 24.3 Å². The molecule has 0 saturated heterocycles. The molecule has 3 rings (SSSR count). The van der Waals surface area contributed by atoms with Crippen molar-refractivity contribution in [2.24, 2.45) is 0 Å². The molecule has 2 N–H and O–H groups in total. The van der Waals surface area contributed by atoms with Gasteiger partial charge in [0, 0.05) is 6.42 Å². The molecule has 23 heavy (non-hydrogen) atoms. The maximum Gasteiger partial charge on any atom is 0.266 e. The number of anilines is 1. The van der Waals surface area contributed by atoms with E-state index in [2.05, 4.69) is 11.2 Å². The van der Waals surface area contributed by atoms with E-state index in [9.17, 15) is 8.42 Å². The van der Waals surface area contributed by atoms with Crippen LogP contribution in [0.1, 0.15) is 5.56 Å². The maximum atomic E-state index is 11.4. The lowest BCUT2D eigenvalue weighted by molar-refractivity contribution is -0.0528. The van der Waals surface area contributed by atoms with Crippen molar-refractivity contribution in [3.8, 4) is 0 Å². The van der Waals surface area contributed by atoms with Gasteiger partial charge < -0.3 is 9.68 Å². The molecule has 0 radical (unpaired) electrons. The summed E-state index contributed by atoms with van der Waals surface area (Å²) in [5.41, 5.74) is 7.00. The lowest BCUT2D eigenvalue weighted by Gasteiger charge is -2.25. The van der Waals surface area contributed by atoms with Crippen molar-refractivity contribution < 1.29 is 22.3 Å². The van der Waals surface area contributed by atoms with Crippen LogP contribution in [0, 0.1) is 0 Å². The van der Waals surface area contributed by atoms with Crippen molar-refractivity contribution in [1.82, 2.24) is 16.2 Å². The topological polar surface area (TPSA) is 92.4 Å². The van der Waals surface area contributed by atoms with E-state index in [1.165, 1.54) is 17.5 Å². The van der Waals surface area contributed by atoms with Crippen LogP contribution >= 0.6 is 0 Å². The van der Waals surface area contributed by atoms with Gasteiger partial charge in [-0.3, -0.25) is 5.01 Å². The van der Waals surface area contributed by atoms with Crippen molar-refractivity contribution in [3.63, 3.8) is 0 Å². The van der Waals surface area contributed by atoms with Gasteiger partial charge in [-0.05, 0) is 17.7 Å². The molecule has 9 nitrogen and oxygen atoms in total. The van der Waals surface area contributed by atoms with Gasteiger partial charge in [0.2, 0.25) is 0 Å². The normalized spacial score (nSPS) is 18.1. The average molecular weight is 340 g/mol. The number of rotatable bonds is 6. The molecule has 0 aliphatic carbocycles. The molecule has 0 fully saturated rings. The molecular weight excluding hydrogens is 324 g/mol. The number of nitrogens with one attached hydrogen (secondary N) is 2. The van der Waals surface area contributed by atoms with Gasteiger partial charge in [-0.15, -0.1) is 0 Å². The van der Waals surface area contributed by atoms with Crippen molar-refractivity contribution in [2.75, 3.05) is 11.3 Å². The Labute approximate surface area is 133 Å². The highest BCUT2D eigenvalue weighted by Crippen LogP contribution is 2.19. The van der Waals surface area contributed by atoms with Crippen LogP contribution < -0.4 is 16.2 Å². The van der Waals surface area contributed by atoms with Crippen LogP contribution in [0.2, 0.25) is 0 Å². The van der Waals surface area contributed by atoms with Crippen molar-refractivity contribution in [3.05, 3.63) is 54.8 Å². The SMILES string of the molecule is CS(=O)(=O)OC(Cc1ccc(N2C=CON2)cc1)N1C=CON1. The van der Waals surface area contributed by atoms with Gasteiger partial charge in [0.25, 0.3) is 10.1 Å². The molecule has 1 aromatic rings. The van der Waals surface area contributed by atoms with Crippen LogP contribution in [0.5, 0.6) is 0 Å². The van der Waals surface area contributed by atoms with E-state index in [-0.39, 0.29) is 0 Å². The van der Waals surface area contributed by atoms with Crippen molar-refractivity contribution in [1.29, 1.82) is 0 Å². The summed E-state index contributed by atoms with van der Waals surface area (Å²) in [6.45, 7) is 0. The summed E-state index contributed by atoms with van der Waals surface area (Å²) >= 11 is 0. The minimum absolute atomic E-state index is 0.341. The largest absolute Gasteiger partial charge is 0.395 e. The van der Waals surface area contributed by atoms with E-state index in [0.29, 0.717) is 6.42 Å². The molecule has 0 bridgehead atoms. The summed E-state index contributed by atoms with van der Waals surface area (Å²) in [6, 6.07) is 7.51. The molecule has 2 aliphatic heterocycles. The lowest BCUT2D eigenvalue weighted by Crippen LogP contribution is -2.42. The van der Waals surface area contributed by atoms with Gasteiger partial charge in [0.05, 0.1) is 24.3 Å². The van der Waals surface area contributed by atoms with Gasteiger partial charge in [0.1, 0.15) is 12.5 Å². The fourth-order valence-electron chi connectivity index (χ4n) is 2.09. The van der Waals surface area contributed by atoms with Crippen LogP contribution in [0.4, 0.5) is 5.69 Å². The molecule has 124 valence electrons. The monoisotopic (exact) mass is 340 g/mol. The fraction of sp³-hybridized carbons (Fsp3) is 0.231. The molecule has 1 aromatic carbocycles. The van der Waals surface area contributed by atoms with Crippen LogP contribution in [0.25, 0.3) is 0 Å². The van der Waals surface area contributed by atoms with Crippen LogP contribution in [-0.2, 0) is 30.4 Å². The van der Waals surface area contributed by atoms with E-state index in [1.54, 1.807) is 17.4 Å². The molecule has 0 aromatic heterocycles. The van der Waals surface area contributed by atoms with Crippen LogP contribution in [-0.4, -0.2) is 25.9 Å². The first kappa shape index (κ1) is 15.6. The Bertz CT molecular complexity index is 704. The summed E-state index contributed by atoms with van der Waals surface area (Å²) in [4.78, 5) is 9.76. The number of hydrogen-bond donors (Lipinski definition) is 2. The molecule has 0 spiro atoms. The average Bonchev–Trinajstić information content (AvgIpc) is 3.20. The molecule has 1 atom stereocenters. The van der Waals surface area contributed by atoms with Gasteiger partial charge in [-0.25, -0.2) is 9.19 Å². The molecule has 2 heterocycles.